The van der Waals surface area contributed by atoms with Crippen molar-refractivity contribution >= 4 is 17.1 Å². The van der Waals surface area contributed by atoms with Crippen LogP contribution in [0.15, 0.2) is 23.3 Å². The standard InChI is InChI=1S/C12H14N5O2/c1-19-5-7-2-3-8(4-7)17-6-14-9-10(17)15-12(13)16-11(9)18/h2-3,5-8H,4H2,1H3,(H3,13,15,16,18). The zero-order valence-electron chi connectivity index (χ0n) is 10.4. The zero-order chi connectivity index (χ0) is 13.4. The summed E-state index contributed by atoms with van der Waals surface area (Å²) < 4.78 is 6.89. The lowest BCUT2D eigenvalue weighted by Crippen LogP contribution is -2.13. The quantitative estimate of drug-likeness (QED) is 0.788. The molecule has 1 aliphatic carbocycles. The number of hydrogen-bond donors (Lipinski definition) is 2. The second-order valence-corrected chi connectivity index (χ2v) is 4.50. The van der Waals surface area contributed by atoms with Crippen LogP contribution in [0, 0.1) is 12.5 Å². The number of hydrogen-bond acceptors (Lipinski definition) is 5. The predicted molar refractivity (Wildman–Crippen MR) is 70.2 cm³/mol. The van der Waals surface area contributed by atoms with Crippen LogP contribution >= 0.6 is 0 Å². The van der Waals surface area contributed by atoms with Gasteiger partial charge < -0.3 is 15.0 Å². The van der Waals surface area contributed by atoms with Crippen molar-refractivity contribution in [2.75, 3.05) is 12.8 Å². The van der Waals surface area contributed by atoms with Crippen molar-refractivity contribution in [1.29, 1.82) is 0 Å². The van der Waals surface area contributed by atoms with Crippen molar-refractivity contribution in [3.63, 3.8) is 0 Å². The molecule has 0 aliphatic heterocycles. The van der Waals surface area contributed by atoms with E-state index in [1.165, 1.54) is 0 Å². The van der Waals surface area contributed by atoms with Gasteiger partial charge in [-0.3, -0.25) is 9.78 Å². The summed E-state index contributed by atoms with van der Waals surface area (Å²) in [7, 11) is 1.63. The fraction of sp³-hybridized carbons (Fsp3) is 0.333. The van der Waals surface area contributed by atoms with Crippen LogP contribution in [0.5, 0.6) is 0 Å². The van der Waals surface area contributed by atoms with Crippen molar-refractivity contribution in [2.45, 2.75) is 12.5 Å². The molecule has 2 unspecified atom stereocenters. The molecule has 0 fully saturated rings. The van der Waals surface area contributed by atoms with Gasteiger partial charge in [0.2, 0.25) is 5.95 Å². The van der Waals surface area contributed by atoms with Crippen molar-refractivity contribution in [3.05, 3.63) is 35.4 Å². The molecule has 2 aromatic rings. The largest absolute Gasteiger partial charge is 0.378 e. The Hall–Kier alpha value is -2.15. The number of aromatic nitrogens is 4. The first-order valence-corrected chi connectivity index (χ1v) is 5.96. The molecule has 7 heteroatoms. The highest BCUT2D eigenvalue weighted by molar-refractivity contribution is 5.70. The van der Waals surface area contributed by atoms with Gasteiger partial charge in [-0.15, -0.1) is 0 Å². The average molecular weight is 260 g/mol. The molecule has 0 amide bonds. The van der Waals surface area contributed by atoms with E-state index >= 15 is 0 Å². The fourth-order valence-corrected chi connectivity index (χ4v) is 2.37. The number of nitrogens with zero attached hydrogens (tertiary/aromatic N) is 3. The summed E-state index contributed by atoms with van der Waals surface area (Å²) in [5.41, 5.74) is 6.07. The first-order chi connectivity index (χ1) is 9.19. The second-order valence-electron chi connectivity index (χ2n) is 4.50. The Morgan fingerprint density at radius 3 is 3.21 bits per heavy atom. The number of nitrogen functional groups attached to an aromatic ring is 1. The summed E-state index contributed by atoms with van der Waals surface area (Å²) in [5, 5.41) is 0. The molecule has 3 rings (SSSR count). The van der Waals surface area contributed by atoms with Crippen LogP contribution in [-0.4, -0.2) is 26.6 Å². The highest BCUT2D eigenvalue weighted by atomic mass is 16.5. The van der Waals surface area contributed by atoms with Gasteiger partial charge in [0, 0.05) is 13.0 Å². The number of aromatic amines is 1. The Balaban J connectivity index is 1.99. The van der Waals surface area contributed by atoms with Crippen LogP contribution in [-0.2, 0) is 4.74 Å². The molecule has 0 saturated heterocycles. The van der Waals surface area contributed by atoms with Gasteiger partial charge in [-0.25, -0.2) is 4.98 Å². The lowest BCUT2D eigenvalue weighted by molar-refractivity contribution is 0.239. The first kappa shape index (κ1) is 11.9. The molecule has 2 atom stereocenters. The Morgan fingerprint density at radius 2 is 2.42 bits per heavy atom. The van der Waals surface area contributed by atoms with Gasteiger partial charge in [-0.1, -0.05) is 12.2 Å². The number of nitrogens with one attached hydrogen (secondary N) is 1. The van der Waals surface area contributed by atoms with Crippen molar-refractivity contribution in [2.24, 2.45) is 5.92 Å². The molecule has 2 heterocycles. The van der Waals surface area contributed by atoms with E-state index in [-0.39, 0.29) is 23.5 Å². The maximum Gasteiger partial charge on any atom is 0.280 e. The van der Waals surface area contributed by atoms with Crippen LogP contribution in [0.25, 0.3) is 11.2 Å². The van der Waals surface area contributed by atoms with E-state index in [2.05, 4.69) is 27.1 Å². The number of allylic oxidation sites excluding steroid dienone is 1. The third-order valence-electron chi connectivity index (χ3n) is 3.21. The summed E-state index contributed by atoms with van der Waals surface area (Å²) in [6, 6.07) is 0.107. The van der Waals surface area contributed by atoms with Crippen molar-refractivity contribution in [1.82, 2.24) is 19.5 Å². The van der Waals surface area contributed by atoms with Gasteiger partial charge >= 0.3 is 0 Å². The number of fused-ring (bicyclic) bond motifs is 1. The maximum absolute atomic E-state index is 11.7. The smallest absolute Gasteiger partial charge is 0.280 e. The predicted octanol–water partition coefficient (Wildman–Crippen LogP) is 0.627. The minimum Gasteiger partial charge on any atom is -0.378 e. The number of rotatable bonds is 3. The van der Waals surface area contributed by atoms with Crippen LogP contribution in [0.2, 0.25) is 0 Å². The molecule has 0 spiro atoms. The molecule has 3 N–H and O–H groups in total. The number of H-pyrrole nitrogens is 1. The van der Waals surface area contributed by atoms with Gasteiger partial charge in [0.25, 0.3) is 5.56 Å². The Labute approximate surface area is 109 Å². The van der Waals surface area contributed by atoms with Gasteiger partial charge in [-0.05, 0) is 6.42 Å². The molecule has 0 bridgehead atoms. The molecule has 19 heavy (non-hydrogen) atoms. The fourth-order valence-electron chi connectivity index (χ4n) is 2.37. The number of imidazole rings is 1. The van der Waals surface area contributed by atoms with Crippen molar-refractivity contribution < 1.29 is 4.74 Å². The summed E-state index contributed by atoms with van der Waals surface area (Å²) in [6.07, 6.45) is 6.60. The van der Waals surface area contributed by atoms with Gasteiger partial charge in [-0.2, -0.15) is 4.98 Å². The van der Waals surface area contributed by atoms with E-state index < -0.39 is 0 Å². The Kier molecular flexibility index (Phi) is 2.83. The highest BCUT2D eigenvalue weighted by Gasteiger charge is 2.23. The van der Waals surface area contributed by atoms with E-state index in [9.17, 15) is 4.79 Å². The molecule has 2 aromatic heterocycles. The Bertz CT molecular complexity index is 687. The van der Waals surface area contributed by atoms with E-state index in [4.69, 9.17) is 10.5 Å². The van der Waals surface area contributed by atoms with Crippen LogP contribution in [0.1, 0.15) is 12.5 Å². The first-order valence-electron chi connectivity index (χ1n) is 5.96. The second kappa shape index (κ2) is 4.51. The molecule has 0 aromatic carbocycles. The SMILES string of the molecule is CO[CH]C1C=CC(n2cnc3c(=O)[nH]c(N)nc32)C1. The molecule has 99 valence electrons. The molecular formula is C12H14N5O2. The monoisotopic (exact) mass is 260 g/mol. The highest BCUT2D eigenvalue weighted by Crippen LogP contribution is 2.30. The lowest BCUT2D eigenvalue weighted by atomic mass is 10.1. The maximum atomic E-state index is 11.7. The number of ether oxygens (including phenoxy) is 1. The average Bonchev–Trinajstić information content (AvgIpc) is 2.95. The molecular weight excluding hydrogens is 246 g/mol. The topological polar surface area (TPSA) is 98.8 Å². The summed E-state index contributed by atoms with van der Waals surface area (Å²) >= 11 is 0. The molecule has 1 radical (unpaired) electrons. The number of methoxy groups -OCH3 is 1. The van der Waals surface area contributed by atoms with Crippen LogP contribution < -0.4 is 11.3 Å². The van der Waals surface area contributed by atoms with Gasteiger partial charge in [0.15, 0.2) is 11.2 Å². The lowest BCUT2D eigenvalue weighted by Gasteiger charge is -2.12. The summed E-state index contributed by atoms with van der Waals surface area (Å²) in [4.78, 5) is 22.4. The number of nitrogens with two attached hydrogens (primary N) is 1. The summed E-state index contributed by atoms with van der Waals surface area (Å²) in [6.45, 7) is 1.78. The van der Waals surface area contributed by atoms with Crippen LogP contribution in [0.3, 0.4) is 0 Å². The third-order valence-corrected chi connectivity index (χ3v) is 3.21. The zero-order valence-corrected chi connectivity index (χ0v) is 10.4. The Morgan fingerprint density at radius 1 is 1.58 bits per heavy atom. The molecule has 0 saturated carbocycles. The molecule has 7 nitrogen and oxygen atoms in total. The molecule has 1 aliphatic rings. The van der Waals surface area contributed by atoms with Crippen molar-refractivity contribution in [3.8, 4) is 0 Å². The van der Waals surface area contributed by atoms with E-state index in [1.54, 1.807) is 20.0 Å². The van der Waals surface area contributed by atoms with E-state index in [0.717, 1.165) is 6.42 Å². The third kappa shape index (κ3) is 2.01. The van der Waals surface area contributed by atoms with Crippen LogP contribution in [0.4, 0.5) is 5.95 Å². The number of anilines is 1. The normalized spacial score (nSPS) is 22.4. The van der Waals surface area contributed by atoms with Gasteiger partial charge in [0.05, 0.1) is 19.0 Å². The summed E-state index contributed by atoms with van der Waals surface area (Å²) in [5.74, 6) is 0.355. The minimum absolute atomic E-state index is 0.0984. The van der Waals surface area contributed by atoms with E-state index in [1.807, 2.05) is 4.57 Å². The van der Waals surface area contributed by atoms with Gasteiger partial charge in [0.1, 0.15) is 0 Å². The van der Waals surface area contributed by atoms with E-state index in [0.29, 0.717) is 11.2 Å². The minimum atomic E-state index is -0.316.